The Morgan fingerprint density at radius 1 is 1.15 bits per heavy atom. The maximum absolute atomic E-state index is 9.70. The zero-order valence-corrected chi connectivity index (χ0v) is 11.9. The minimum Gasteiger partial charge on any atom is -0.505 e. The van der Waals surface area contributed by atoms with Crippen LogP contribution in [0.25, 0.3) is 11.5 Å². The molecule has 20 heavy (non-hydrogen) atoms. The molecule has 0 aliphatic rings. The molecule has 0 aliphatic heterocycles. The van der Waals surface area contributed by atoms with Crippen molar-refractivity contribution in [1.29, 1.82) is 0 Å². The molecule has 6 heteroatoms. The zero-order valence-electron chi connectivity index (χ0n) is 10.3. The average Bonchev–Trinajstić information content (AvgIpc) is 2.90. The third kappa shape index (κ3) is 2.70. The first-order valence-electron chi connectivity index (χ1n) is 5.93. The predicted octanol–water partition coefficient (Wildman–Crippen LogP) is 3.19. The molecular formula is C14H10BrN3O2. The fraction of sp³-hybridized carbons (Fsp3) is 0.0714. The average molecular weight is 332 g/mol. The van der Waals surface area contributed by atoms with Crippen LogP contribution in [-0.2, 0) is 6.42 Å². The van der Waals surface area contributed by atoms with Gasteiger partial charge in [-0.05, 0) is 23.8 Å². The molecule has 3 aromatic rings. The third-order valence-corrected chi connectivity index (χ3v) is 3.30. The van der Waals surface area contributed by atoms with Crippen molar-refractivity contribution < 1.29 is 9.63 Å². The number of aromatic hydroxyl groups is 1. The van der Waals surface area contributed by atoms with Crippen LogP contribution in [0.15, 0.2) is 51.7 Å². The van der Waals surface area contributed by atoms with Crippen LogP contribution in [0, 0.1) is 0 Å². The largest absolute Gasteiger partial charge is 0.505 e. The molecule has 0 atom stereocenters. The SMILES string of the molecule is Oc1cnccc1-c1nc(Cc2ccc(Br)cc2)no1. The van der Waals surface area contributed by atoms with Gasteiger partial charge in [0.2, 0.25) is 0 Å². The molecule has 1 N–H and O–H groups in total. The van der Waals surface area contributed by atoms with Crippen molar-refractivity contribution in [2.75, 3.05) is 0 Å². The van der Waals surface area contributed by atoms with Crippen molar-refractivity contribution in [3.05, 3.63) is 58.6 Å². The van der Waals surface area contributed by atoms with Gasteiger partial charge in [0, 0.05) is 17.1 Å². The highest BCUT2D eigenvalue weighted by molar-refractivity contribution is 9.10. The van der Waals surface area contributed by atoms with Crippen molar-refractivity contribution in [1.82, 2.24) is 15.1 Å². The molecular weight excluding hydrogens is 322 g/mol. The summed E-state index contributed by atoms with van der Waals surface area (Å²) >= 11 is 3.39. The molecule has 0 radical (unpaired) electrons. The first kappa shape index (κ1) is 12.8. The van der Waals surface area contributed by atoms with Gasteiger partial charge in [-0.15, -0.1) is 0 Å². The molecule has 100 valence electrons. The fourth-order valence-electron chi connectivity index (χ4n) is 1.79. The zero-order chi connectivity index (χ0) is 13.9. The Kier molecular flexibility index (Phi) is 3.47. The highest BCUT2D eigenvalue weighted by atomic mass is 79.9. The number of benzene rings is 1. The van der Waals surface area contributed by atoms with E-state index in [1.165, 1.54) is 6.20 Å². The first-order chi connectivity index (χ1) is 9.72. The molecule has 0 amide bonds. The van der Waals surface area contributed by atoms with Crippen LogP contribution >= 0.6 is 15.9 Å². The molecule has 1 aromatic carbocycles. The summed E-state index contributed by atoms with van der Waals surface area (Å²) in [4.78, 5) is 8.09. The van der Waals surface area contributed by atoms with Gasteiger partial charge >= 0.3 is 0 Å². The second kappa shape index (κ2) is 5.42. The fourth-order valence-corrected chi connectivity index (χ4v) is 2.05. The van der Waals surface area contributed by atoms with Gasteiger partial charge in [-0.3, -0.25) is 4.98 Å². The Balaban J connectivity index is 1.84. The van der Waals surface area contributed by atoms with E-state index in [9.17, 15) is 5.11 Å². The van der Waals surface area contributed by atoms with Crippen LogP contribution in [0.1, 0.15) is 11.4 Å². The Labute approximate surface area is 123 Å². The van der Waals surface area contributed by atoms with Gasteiger partial charge in [-0.1, -0.05) is 33.2 Å². The van der Waals surface area contributed by atoms with Gasteiger partial charge in [0.25, 0.3) is 5.89 Å². The summed E-state index contributed by atoms with van der Waals surface area (Å²) in [6.07, 6.45) is 3.48. The standard InChI is InChI=1S/C14H10BrN3O2/c15-10-3-1-9(2-4-10)7-13-17-14(20-18-13)11-5-6-16-8-12(11)19/h1-6,8,19H,7H2. The van der Waals surface area contributed by atoms with Gasteiger partial charge < -0.3 is 9.63 Å². The summed E-state index contributed by atoms with van der Waals surface area (Å²) in [5.74, 6) is 0.877. The maximum atomic E-state index is 9.70. The van der Waals surface area contributed by atoms with Gasteiger partial charge in [-0.25, -0.2) is 0 Å². The summed E-state index contributed by atoms with van der Waals surface area (Å²) in [5.41, 5.74) is 1.56. The topological polar surface area (TPSA) is 72.0 Å². The Morgan fingerprint density at radius 2 is 1.95 bits per heavy atom. The van der Waals surface area contributed by atoms with E-state index < -0.39 is 0 Å². The molecule has 0 aliphatic carbocycles. The Hall–Kier alpha value is -2.21. The summed E-state index contributed by atoms with van der Waals surface area (Å²) in [5, 5.41) is 13.6. The summed E-state index contributed by atoms with van der Waals surface area (Å²) in [6.45, 7) is 0. The van der Waals surface area contributed by atoms with Crippen LogP contribution in [0.2, 0.25) is 0 Å². The van der Waals surface area contributed by atoms with Crippen LogP contribution in [0.3, 0.4) is 0 Å². The molecule has 2 heterocycles. The normalized spacial score (nSPS) is 10.7. The Morgan fingerprint density at radius 3 is 2.70 bits per heavy atom. The van der Waals surface area contributed by atoms with Crippen molar-refractivity contribution in [2.24, 2.45) is 0 Å². The maximum Gasteiger partial charge on any atom is 0.261 e. The number of halogens is 1. The third-order valence-electron chi connectivity index (χ3n) is 2.77. The monoisotopic (exact) mass is 331 g/mol. The van der Waals surface area contributed by atoms with E-state index in [0.29, 0.717) is 17.8 Å². The van der Waals surface area contributed by atoms with Crippen LogP contribution in [0.5, 0.6) is 5.75 Å². The number of aromatic nitrogens is 3. The summed E-state index contributed by atoms with van der Waals surface area (Å²) < 4.78 is 6.19. The lowest BCUT2D eigenvalue weighted by molar-refractivity contribution is 0.418. The van der Waals surface area contributed by atoms with Gasteiger partial charge in [0.1, 0.15) is 5.75 Å². The van der Waals surface area contributed by atoms with E-state index in [1.807, 2.05) is 24.3 Å². The van der Waals surface area contributed by atoms with Crippen molar-refractivity contribution in [3.63, 3.8) is 0 Å². The number of rotatable bonds is 3. The molecule has 0 fully saturated rings. The predicted molar refractivity (Wildman–Crippen MR) is 76.1 cm³/mol. The van der Waals surface area contributed by atoms with E-state index in [1.54, 1.807) is 12.3 Å². The number of hydrogen-bond donors (Lipinski definition) is 1. The van der Waals surface area contributed by atoms with E-state index in [0.717, 1.165) is 10.0 Å². The number of pyridine rings is 1. The summed E-state index contributed by atoms with van der Waals surface area (Å²) in [7, 11) is 0. The Bertz CT molecular complexity index is 725. The number of hydrogen-bond acceptors (Lipinski definition) is 5. The number of nitrogens with zero attached hydrogens (tertiary/aromatic N) is 3. The van der Waals surface area contributed by atoms with Gasteiger partial charge in [0.15, 0.2) is 5.82 Å². The van der Waals surface area contributed by atoms with Crippen LogP contribution in [-0.4, -0.2) is 20.2 Å². The quantitative estimate of drug-likeness (QED) is 0.797. The van der Waals surface area contributed by atoms with E-state index >= 15 is 0 Å². The van der Waals surface area contributed by atoms with Gasteiger partial charge in [-0.2, -0.15) is 4.98 Å². The van der Waals surface area contributed by atoms with Crippen LogP contribution in [0.4, 0.5) is 0 Å². The minimum absolute atomic E-state index is 0.0198. The summed E-state index contributed by atoms with van der Waals surface area (Å²) in [6, 6.07) is 9.54. The van der Waals surface area contributed by atoms with Crippen molar-refractivity contribution >= 4 is 15.9 Å². The van der Waals surface area contributed by atoms with E-state index in [4.69, 9.17) is 4.52 Å². The van der Waals surface area contributed by atoms with Crippen molar-refractivity contribution in [3.8, 4) is 17.2 Å². The second-order valence-corrected chi connectivity index (χ2v) is 5.13. The molecule has 0 spiro atoms. The second-order valence-electron chi connectivity index (χ2n) is 4.21. The van der Waals surface area contributed by atoms with Gasteiger partial charge in [0.05, 0.1) is 11.8 Å². The lowest BCUT2D eigenvalue weighted by Crippen LogP contribution is -1.90. The highest BCUT2D eigenvalue weighted by Gasteiger charge is 2.12. The molecule has 3 rings (SSSR count). The van der Waals surface area contributed by atoms with E-state index in [2.05, 4.69) is 31.1 Å². The lowest BCUT2D eigenvalue weighted by Gasteiger charge is -1.97. The van der Waals surface area contributed by atoms with E-state index in [-0.39, 0.29) is 11.6 Å². The first-order valence-corrected chi connectivity index (χ1v) is 6.72. The molecule has 0 saturated carbocycles. The van der Waals surface area contributed by atoms with Crippen molar-refractivity contribution in [2.45, 2.75) is 6.42 Å². The minimum atomic E-state index is 0.0198. The molecule has 0 bridgehead atoms. The molecule has 2 aromatic heterocycles. The smallest absolute Gasteiger partial charge is 0.261 e. The molecule has 5 nitrogen and oxygen atoms in total. The molecule has 0 saturated heterocycles. The van der Waals surface area contributed by atoms with Crippen LogP contribution < -0.4 is 0 Å². The highest BCUT2D eigenvalue weighted by Crippen LogP contribution is 2.26. The molecule has 0 unspecified atom stereocenters. The lowest BCUT2D eigenvalue weighted by atomic mass is 10.1.